The number of pyridine rings is 1. The summed E-state index contributed by atoms with van der Waals surface area (Å²) >= 11 is 0. The number of anilines is 1. The van der Waals surface area contributed by atoms with Gasteiger partial charge in [-0.15, -0.1) is 0 Å². The summed E-state index contributed by atoms with van der Waals surface area (Å²) in [6, 6.07) is 10.1. The van der Waals surface area contributed by atoms with Crippen LogP contribution in [0.5, 0.6) is 0 Å². The number of fused-ring (bicyclic) bond motifs is 1. The topological polar surface area (TPSA) is 93.1 Å². The predicted molar refractivity (Wildman–Crippen MR) is 111 cm³/mol. The van der Waals surface area contributed by atoms with Crippen LogP contribution in [0.1, 0.15) is 31.0 Å². The number of nitrogens with zero attached hydrogens (tertiary/aromatic N) is 2. The van der Waals surface area contributed by atoms with Crippen molar-refractivity contribution in [1.29, 1.82) is 0 Å². The van der Waals surface area contributed by atoms with Crippen molar-refractivity contribution in [2.24, 2.45) is 0 Å². The molecular weight excluding hydrogens is 387 g/mol. The van der Waals surface area contributed by atoms with E-state index in [0.29, 0.717) is 22.5 Å². The molecule has 3 amide bonds. The maximum atomic E-state index is 12.8. The fourth-order valence-corrected chi connectivity index (χ4v) is 3.61. The molecule has 2 aromatic heterocycles. The van der Waals surface area contributed by atoms with Crippen molar-refractivity contribution in [3.8, 4) is 0 Å². The van der Waals surface area contributed by atoms with E-state index < -0.39 is 24.4 Å². The molecule has 152 valence electrons. The monoisotopic (exact) mass is 406 g/mol. The molecule has 3 heterocycles. The van der Waals surface area contributed by atoms with E-state index in [9.17, 15) is 18.8 Å². The van der Waals surface area contributed by atoms with Gasteiger partial charge < -0.3 is 9.88 Å². The lowest BCUT2D eigenvalue weighted by Gasteiger charge is -2.08. The Bertz CT molecular complexity index is 1230. The van der Waals surface area contributed by atoms with Crippen molar-refractivity contribution in [3.63, 3.8) is 0 Å². The molecule has 3 aromatic rings. The Morgan fingerprint density at radius 2 is 1.93 bits per heavy atom. The molecule has 8 heteroatoms. The van der Waals surface area contributed by atoms with Gasteiger partial charge in [-0.05, 0) is 43.7 Å². The standard InChI is InChI=1S/C22H19FN4O3/c1-12(2)27-11-16(15-7-4-8-24-20(15)27)19-18(21(29)26-22(19)30)13-5-3-6-14(9-13)25-17(28)10-23/h3-9,11-12H,10H2,1-2H3,(H,25,28)(H,26,29,30). The number of amides is 3. The highest BCUT2D eigenvalue weighted by molar-refractivity contribution is 6.50. The molecule has 0 aliphatic carbocycles. The van der Waals surface area contributed by atoms with Crippen LogP contribution in [0.3, 0.4) is 0 Å². The Balaban J connectivity index is 1.93. The molecule has 2 N–H and O–H groups in total. The third-order valence-corrected chi connectivity index (χ3v) is 4.90. The first-order chi connectivity index (χ1) is 14.4. The Morgan fingerprint density at radius 1 is 1.17 bits per heavy atom. The Hall–Kier alpha value is -3.81. The van der Waals surface area contributed by atoms with Crippen LogP contribution in [-0.4, -0.2) is 33.9 Å². The Morgan fingerprint density at radius 3 is 2.67 bits per heavy atom. The van der Waals surface area contributed by atoms with Crippen molar-refractivity contribution in [2.75, 3.05) is 12.0 Å². The maximum absolute atomic E-state index is 12.8. The van der Waals surface area contributed by atoms with Gasteiger partial charge in [0.15, 0.2) is 6.67 Å². The smallest absolute Gasteiger partial charge is 0.259 e. The first-order valence-corrected chi connectivity index (χ1v) is 9.43. The van der Waals surface area contributed by atoms with Gasteiger partial charge in [0.05, 0.1) is 11.1 Å². The lowest BCUT2D eigenvalue weighted by molar-refractivity contribution is -0.123. The van der Waals surface area contributed by atoms with Crippen LogP contribution in [0.2, 0.25) is 0 Å². The van der Waals surface area contributed by atoms with E-state index in [2.05, 4.69) is 15.6 Å². The Labute approximate surface area is 171 Å². The second-order valence-corrected chi connectivity index (χ2v) is 7.21. The molecule has 4 rings (SSSR count). The molecule has 0 spiro atoms. The summed E-state index contributed by atoms with van der Waals surface area (Å²) < 4.78 is 14.5. The summed E-state index contributed by atoms with van der Waals surface area (Å²) in [7, 11) is 0. The average Bonchev–Trinajstić information content (AvgIpc) is 3.24. The molecule has 7 nitrogen and oxygen atoms in total. The third kappa shape index (κ3) is 3.26. The van der Waals surface area contributed by atoms with E-state index in [-0.39, 0.29) is 17.2 Å². The molecule has 0 atom stereocenters. The van der Waals surface area contributed by atoms with Crippen LogP contribution in [-0.2, 0) is 14.4 Å². The number of hydrogen-bond acceptors (Lipinski definition) is 4. The van der Waals surface area contributed by atoms with Gasteiger partial charge in [0.2, 0.25) is 0 Å². The molecular formula is C22H19FN4O3. The number of carbonyl (C=O) groups excluding carboxylic acids is 3. The Kier molecular flexibility index (Phi) is 4.91. The van der Waals surface area contributed by atoms with Crippen LogP contribution in [0.15, 0.2) is 48.8 Å². The van der Waals surface area contributed by atoms with E-state index in [1.54, 1.807) is 36.5 Å². The molecule has 0 saturated carbocycles. The molecule has 1 aliphatic heterocycles. The minimum absolute atomic E-state index is 0.0969. The second kappa shape index (κ2) is 7.55. The van der Waals surface area contributed by atoms with E-state index in [1.807, 2.05) is 30.7 Å². The van der Waals surface area contributed by atoms with Gasteiger partial charge in [-0.1, -0.05) is 12.1 Å². The number of hydrogen-bond donors (Lipinski definition) is 2. The number of carbonyl (C=O) groups is 3. The summed E-state index contributed by atoms with van der Waals surface area (Å²) in [4.78, 5) is 41.3. The van der Waals surface area contributed by atoms with Crippen molar-refractivity contribution in [2.45, 2.75) is 19.9 Å². The van der Waals surface area contributed by atoms with Crippen LogP contribution in [0.4, 0.5) is 10.1 Å². The lowest BCUT2D eigenvalue weighted by Crippen LogP contribution is -2.22. The van der Waals surface area contributed by atoms with Gasteiger partial charge in [0, 0.05) is 35.1 Å². The summed E-state index contributed by atoms with van der Waals surface area (Å²) in [5.41, 5.74) is 2.53. The summed E-state index contributed by atoms with van der Waals surface area (Å²) in [6.45, 7) is 2.85. The summed E-state index contributed by atoms with van der Waals surface area (Å²) in [6.07, 6.45) is 3.50. The molecule has 0 saturated heterocycles. The number of rotatable bonds is 5. The SMILES string of the molecule is CC(C)n1cc(C2=C(c3cccc(NC(=O)CF)c3)C(=O)NC2=O)c2cccnc21. The average molecular weight is 406 g/mol. The lowest BCUT2D eigenvalue weighted by atomic mass is 9.96. The van der Waals surface area contributed by atoms with Gasteiger partial charge in [-0.3, -0.25) is 19.7 Å². The molecule has 0 unspecified atom stereocenters. The van der Waals surface area contributed by atoms with Crippen molar-refractivity contribution >= 4 is 45.6 Å². The van der Waals surface area contributed by atoms with Crippen LogP contribution in [0, 0.1) is 0 Å². The first-order valence-electron chi connectivity index (χ1n) is 9.43. The van der Waals surface area contributed by atoms with Crippen molar-refractivity contribution in [1.82, 2.24) is 14.9 Å². The summed E-state index contributed by atoms with van der Waals surface area (Å²) in [5, 5.41) is 5.53. The number of halogens is 1. The molecule has 0 radical (unpaired) electrons. The quantitative estimate of drug-likeness (QED) is 0.637. The molecule has 1 aliphatic rings. The largest absolute Gasteiger partial charge is 0.329 e. The van der Waals surface area contributed by atoms with Crippen LogP contribution >= 0.6 is 0 Å². The van der Waals surface area contributed by atoms with Gasteiger partial charge in [0.1, 0.15) is 5.65 Å². The number of imide groups is 1. The van der Waals surface area contributed by atoms with Crippen LogP contribution in [0.25, 0.3) is 22.2 Å². The second-order valence-electron chi connectivity index (χ2n) is 7.21. The maximum Gasteiger partial charge on any atom is 0.259 e. The first kappa shape index (κ1) is 19.5. The third-order valence-electron chi connectivity index (χ3n) is 4.90. The van der Waals surface area contributed by atoms with Gasteiger partial charge in [-0.25, -0.2) is 9.37 Å². The van der Waals surface area contributed by atoms with E-state index in [4.69, 9.17) is 0 Å². The van der Waals surface area contributed by atoms with Crippen molar-refractivity contribution in [3.05, 3.63) is 59.9 Å². The molecule has 1 aromatic carbocycles. The van der Waals surface area contributed by atoms with E-state index >= 15 is 0 Å². The number of nitrogens with one attached hydrogen (secondary N) is 2. The minimum atomic E-state index is -1.15. The zero-order valence-electron chi connectivity index (χ0n) is 16.4. The highest BCUT2D eigenvalue weighted by Crippen LogP contribution is 2.36. The molecule has 0 fully saturated rings. The van der Waals surface area contributed by atoms with Gasteiger partial charge in [0.25, 0.3) is 17.7 Å². The zero-order valence-corrected chi connectivity index (χ0v) is 16.4. The predicted octanol–water partition coefficient (Wildman–Crippen LogP) is 3.09. The van der Waals surface area contributed by atoms with Crippen LogP contribution < -0.4 is 10.6 Å². The molecule has 30 heavy (non-hydrogen) atoms. The fourth-order valence-electron chi connectivity index (χ4n) is 3.61. The zero-order chi connectivity index (χ0) is 21.4. The normalized spacial score (nSPS) is 14.0. The van der Waals surface area contributed by atoms with Gasteiger partial charge in [-0.2, -0.15) is 0 Å². The highest BCUT2D eigenvalue weighted by atomic mass is 19.1. The molecule has 0 bridgehead atoms. The van der Waals surface area contributed by atoms with Crippen molar-refractivity contribution < 1.29 is 18.8 Å². The number of benzene rings is 1. The van der Waals surface area contributed by atoms with E-state index in [1.165, 1.54) is 0 Å². The van der Waals surface area contributed by atoms with Gasteiger partial charge >= 0.3 is 0 Å². The number of alkyl halides is 1. The fraction of sp³-hybridized carbons (Fsp3) is 0.182. The summed E-state index contributed by atoms with van der Waals surface area (Å²) in [5.74, 6) is -1.82. The van der Waals surface area contributed by atoms with E-state index in [0.717, 1.165) is 5.39 Å². The number of aromatic nitrogens is 2. The highest BCUT2D eigenvalue weighted by Gasteiger charge is 2.34. The minimum Gasteiger partial charge on any atom is -0.329 e.